The number of carbonyl (C=O) groups excluding carboxylic acids is 1. The molecular weight excluding hydrogens is 369 g/mol. The van der Waals surface area contributed by atoms with Crippen LogP contribution in [0.3, 0.4) is 0 Å². The fraction of sp³-hybridized carbons (Fsp3) is 0.368. The van der Waals surface area contributed by atoms with Gasteiger partial charge in [-0.1, -0.05) is 6.07 Å². The molecule has 2 aromatic rings. The number of halogens is 1. The predicted molar refractivity (Wildman–Crippen MR) is 97.0 cm³/mol. The highest BCUT2D eigenvalue weighted by Crippen LogP contribution is 2.39. The summed E-state index contributed by atoms with van der Waals surface area (Å²) in [6, 6.07) is 6.92. The molecule has 8 heteroatoms. The maximum Gasteiger partial charge on any atom is 0.254 e. The monoisotopic (exact) mass is 389 g/mol. The van der Waals surface area contributed by atoms with Crippen LogP contribution in [0.2, 0.25) is 0 Å². The molecule has 2 aliphatic rings. The van der Waals surface area contributed by atoms with Gasteiger partial charge in [0, 0.05) is 36.6 Å². The summed E-state index contributed by atoms with van der Waals surface area (Å²) >= 11 is 0. The lowest BCUT2D eigenvalue weighted by molar-refractivity contribution is 0.0677. The van der Waals surface area contributed by atoms with Crippen LogP contribution in [-0.2, 0) is 10.0 Å². The molecule has 2 bridgehead atoms. The van der Waals surface area contributed by atoms with Crippen molar-refractivity contribution in [1.82, 2.24) is 14.6 Å². The molecule has 4 rings (SSSR count). The van der Waals surface area contributed by atoms with Crippen molar-refractivity contribution >= 4 is 15.9 Å². The van der Waals surface area contributed by atoms with E-state index in [0.717, 1.165) is 6.42 Å². The van der Waals surface area contributed by atoms with E-state index in [9.17, 15) is 17.6 Å². The molecule has 2 fully saturated rings. The van der Waals surface area contributed by atoms with E-state index < -0.39 is 15.8 Å². The molecule has 0 spiro atoms. The van der Waals surface area contributed by atoms with Crippen LogP contribution in [0, 0.1) is 18.7 Å². The number of amides is 1. The molecule has 1 aromatic carbocycles. The zero-order valence-electron chi connectivity index (χ0n) is 14.8. The molecule has 1 aromatic heterocycles. The van der Waals surface area contributed by atoms with Crippen molar-refractivity contribution in [2.24, 2.45) is 5.92 Å². The van der Waals surface area contributed by atoms with Gasteiger partial charge >= 0.3 is 0 Å². The van der Waals surface area contributed by atoms with Gasteiger partial charge in [-0.05, 0) is 55.5 Å². The smallest absolute Gasteiger partial charge is 0.254 e. The lowest BCUT2D eigenvalue weighted by atomic mass is 10.0. The van der Waals surface area contributed by atoms with Gasteiger partial charge in [0.2, 0.25) is 10.0 Å². The lowest BCUT2D eigenvalue weighted by Gasteiger charge is -2.33. The minimum atomic E-state index is -3.70. The Balaban J connectivity index is 1.53. The number of carbonyl (C=O) groups is 1. The molecule has 0 radical (unpaired) electrons. The summed E-state index contributed by atoms with van der Waals surface area (Å²) in [6.07, 6.45) is 4.25. The normalized spacial score (nSPS) is 24.4. The molecule has 142 valence electrons. The van der Waals surface area contributed by atoms with Gasteiger partial charge in [-0.3, -0.25) is 9.78 Å². The standard InChI is InChI=1S/C19H20FN3O3S/c1-12-4-5-14(9-16(12)20)19(24)23-11-13-7-17(18(23)8-13)22-27(25,26)15-3-2-6-21-10-15/h2-6,9-10,13,17-18,22H,7-8,11H2,1H3. The van der Waals surface area contributed by atoms with Crippen LogP contribution in [0.1, 0.15) is 28.8 Å². The van der Waals surface area contributed by atoms with Crippen LogP contribution in [0.25, 0.3) is 0 Å². The molecule has 6 nitrogen and oxygen atoms in total. The van der Waals surface area contributed by atoms with Crippen molar-refractivity contribution in [3.63, 3.8) is 0 Å². The molecule has 2 heterocycles. The third-order valence-corrected chi connectivity index (χ3v) is 6.89. The maximum absolute atomic E-state index is 13.8. The number of rotatable bonds is 4. The number of aromatic nitrogens is 1. The predicted octanol–water partition coefficient (Wildman–Crippen LogP) is 2.11. The fourth-order valence-electron chi connectivity index (χ4n) is 4.05. The van der Waals surface area contributed by atoms with Gasteiger partial charge < -0.3 is 4.90 Å². The molecule has 1 saturated heterocycles. The minimum Gasteiger partial charge on any atom is -0.334 e. The second-order valence-electron chi connectivity index (χ2n) is 7.24. The first-order chi connectivity index (χ1) is 12.8. The number of sulfonamides is 1. The van der Waals surface area contributed by atoms with E-state index in [-0.39, 0.29) is 28.8 Å². The van der Waals surface area contributed by atoms with Crippen molar-refractivity contribution in [1.29, 1.82) is 0 Å². The van der Waals surface area contributed by atoms with E-state index in [1.54, 1.807) is 30.0 Å². The fourth-order valence-corrected chi connectivity index (χ4v) is 5.30. The maximum atomic E-state index is 13.8. The first-order valence-electron chi connectivity index (χ1n) is 8.84. The lowest BCUT2D eigenvalue weighted by Crippen LogP contribution is -2.51. The van der Waals surface area contributed by atoms with Gasteiger partial charge in [-0.2, -0.15) is 0 Å². The van der Waals surface area contributed by atoms with E-state index >= 15 is 0 Å². The number of piperidine rings is 1. The second kappa shape index (κ2) is 6.69. The number of pyridine rings is 1. The Labute approximate surface area is 157 Å². The molecule has 3 unspecified atom stereocenters. The Morgan fingerprint density at radius 1 is 1.30 bits per heavy atom. The Morgan fingerprint density at radius 2 is 2.11 bits per heavy atom. The van der Waals surface area contributed by atoms with E-state index in [4.69, 9.17) is 0 Å². The van der Waals surface area contributed by atoms with Gasteiger partial charge in [0.15, 0.2) is 0 Å². The Kier molecular flexibility index (Phi) is 4.47. The van der Waals surface area contributed by atoms with Crippen molar-refractivity contribution in [3.05, 3.63) is 59.7 Å². The van der Waals surface area contributed by atoms with Crippen molar-refractivity contribution in [3.8, 4) is 0 Å². The molecule has 27 heavy (non-hydrogen) atoms. The minimum absolute atomic E-state index is 0.103. The molecule has 3 atom stereocenters. The zero-order valence-corrected chi connectivity index (χ0v) is 15.6. The SMILES string of the molecule is Cc1ccc(C(=O)N2CC3CC(NS(=O)(=O)c4cccnc4)C2C3)cc1F. The van der Waals surface area contributed by atoms with E-state index in [0.29, 0.717) is 24.1 Å². The summed E-state index contributed by atoms with van der Waals surface area (Å²) in [7, 11) is -3.70. The quantitative estimate of drug-likeness (QED) is 0.869. The number of hydrogen-bond donors (Lipinski definition) is 1. The number of benzene rings is 1. The molecule has 1 aliphatic carbocycles. The number of nitrogens with zero attached hydrogens (tertiary/aromatic N) is 2. The second-order valence-corrected chi connectivity index (χ2v) is 8.96. The van der Waals surface area contributed by atoms with Gasteiger partial charge in [0.1, 0.15) is 10.7 Å². The Hall–Kier alpha value is -2.32. The van der Waals surface area contributed by atoms with Gasteiger partial charge in [0.25, 0.3) is 5.91 Å². The van der Waals surface area contributed by atoms with E-state index in [1.165, 1.54) is 24.5 Å². The average Bonchev–Trinajstić information content (AvgIpc) is 3.24. The highest BCUT2D eigenvalue weighted by atomic mass is 32.2. The molecule has 1 N–H and O–H groups in total. The van der Waals surface area contributed by atoms with Gasteiger partial charge in [-0.25, -0.2) is 17.5 Å². The third-order valence-electron chi connectivity index (χ3n) is 5.41. The highest BCUT2D eigenvalue weighted by molar-refractivity contribution is 7.89. The Morgan fingerprint density at radius 3 is 2.78 bits per heavy atom. The first kappa shape index (κ1) is 18.1. The number of fused-ring (bicyclic) bond motifs is 2. The van der Waals surface area contributed by atoms with E-state index in [1.807, 2.05) is 0 Å². The van der Waals surface area contributed by atoms with Crippen molar-refractivity contribution < 1.29 is 17.6 Å². The number of likely N-dealkylation sites (tertiary alicyclic amines) is 1. The van der Waals surface area contributed by atoms with Gasteiger partial charge in [-0.15, -0.1) is 0 Å². The van der Waals surface area contributed by atoms with Crippen LogP contribution in [0.15, 0.2) is 47.6 Å². The van der Waals surface area contributed by atoms with Gasteiger partial charge in [0.05, 0.1) is 0 Å². The summed E-state index contributed by atoms with van der Waals surface area (Å²) in [5.41, 5.74) is 0.774. The number of aryl methyl sites for hydroxylation is 1. The van der Waals surface area contributed by atoms with Crippen molar-refractivity contribution in [2.45, 2.75) is 36.7 Å². The van der Waals surface area contributed by atoms with Crippen LogP contribution in [-0.4, -0.2) is 42.8 Å². The first-order valence-corrected chi connectivity index (χ1v) is 10.3. The Bertz CT molecular complexity index is 981. The molecule has 1 saturated carbocycles. The molecule has 1 aliphatic heterocycles. The van der Waals surface area contributed by atoms with Crippen LogP contribution < -0.4 is 4.72 Å². The summed E-state index contributed by atoms with van der Waals surface area (Å²) in [5.74, 6) is -0.429. The number of nitrogens with one attached hydrogen (secondary N) is 1. The summed E-state index contributed by atoms with van der Waals surface area (Å²) in [5, 5.41) is 0. The summed E-state index contributed by atoms with van der Waals surface area (Å²) < 4.78 is 41.7. The topological polar surface area (TPSA) is 79.4 Å². The summed E-state index contributed by atoms with van der Waals surface area (Å²) in [6.45, 7) is 2.22. The average molecular weight is 389 g/mol. The zero-order chi connectivity index (χ0) is 19.2. The highest BCUT2D eigenvalue weighted by Gasteiger charge is 2.48. The van der Waals surface area contributed by atoms with Crippen LogP contribution in [0.4, 0.5) is 4.39 Å². The van der Waals surface area contributed by atoms with Crippen LogP contribution in [0.5, 0.6) is 0 Å². The molecular formula is C19H20FN3O3S. The molecule has 1 amide bonds. The van der Waals surface area contributed by atoms with Crippen LogP contribution >= 0.6 is 0 Å². The van der Waals surface area contributed by atoms with E-state index in [2.05, 4.69) is 9.71 Å². The van der Waals surface area contributed by atoms with Crippen molar-refractivity contribution in [2.75, 3.05) is 6.54 Å². The summed E-state index contributed by atoms with van der Waals surface area (Å²) in [4.78, 5) is 18.5. The number of hydrogen-bond acceptors (Lipinski definition) is 4. The third kappa shape index (κ3) is 3.35. The largest absolute Gasteiger partial charge is 0.334 e.